The van der Waals surface area contributed by atoms with Crippen LogP contribution >= 0.6 is 0 Å². The van der Waals surface area contributed by atoms with Gasteiger partial charge in [-0.25, -0.2) is 0 Å². The topological polar surface area (TPSA) is 46.2 Å². The molecule has 1 aliphatic heterocycles. The lowest BCUT2D eigenvalue weighted by Gasteiger charge is -1.88. The number of rotatable bonds is 2. The highest BCUT2D eigenvalue weighted by molar-refractivity contribution is 6.21. The first-order chi connectivity index (χ1) is 7.70. The van der Waals surface area contributed by atoms with Crippen LogP contribution in [0.25, 0.3) is 0 Å². The minimum atomic E-state index is -0.372. The first-order valence-corrected chi connectivity index (χ1v) is 5.55. The predicted octanol–water partition coefficient (Wildman–Crippen LogP) is 2.75. The van der Waals surface area contributed by atoms with E-state index in [0.717, 1.165) is 0 Å². The molecule has 0 aromatic carbocycles. The number of allylic oxidation sites excluding steroid dienone is 1. The monoisotopic (exact) mass is 223 g/mol. The molecule has 0 radical (unpaired) electrons. The van der Waals surface area contributed by atoms with E-state index in [1.807, 2.05) is 27.7 Å². The molecule has 0 unspecified atom stereocenters. The zero-order valence-corrected chi connectivity index (χ0v) is 10.8. The summed E-state index contributed by atoms with van der Waals surface area (Å²) in [4.78, 5) is 22.1. The summed E-state index contributed by atoms with van der Waals surface area (Å²) in [6.07, 6.45) is 4.68. The summed E-state index contributed by atoms with van der Waals surface area (Å²) in [5, 5.41) is 2.18. The molecular weight excluding hydrogens is 202 g/mol. The highest BCUT2D eigenvalue weighted by Crippen LogP contribution is 2.14. The van der Waals surface area contributed by atoms with Crippen LogP contribution in [0.4, 0.5) is 0 Å². The maximum atomic E-state index is 11.1. The molecule has 0 aliphatic carbocycles. The van der Waals surface area contributed by atoms with Crippen LogP contribution in [-0.4, -0.2) is 11.8 Å². The summed E-state index contributed by atoms with van der Waals surface area (Å²) >= 11 is 0. The number of hydrogen-bond acceptors (Lipinski definition) is 2. The summed E-state index contributed by atoms with van der Waals surface area (Å²) < 4.78 is 0. The molecular formula is C13H21NO2. The highest BCUT2D eigenvalue weighted by Gasteiger charge is 2.25. The standard InChI is InChI=1S/C9H9NO2.2C2H6/c1-3-5-7-6(4-2)8(11)10-9(7)12;2*1-2/h3-5H,2H2,1H3,(H,10,11,12);2*1-2H3/b5-3-;;. The van der Waals surface area contributed by atoms with Crippen molar-refractivity contribution in [3.63, 3.8) is 0 Å². The maximum absolute atomic E-state index is 11.1. The third-order valence-corrected chi connectivity index (χ3v) is 1.54. The Morgan fingerprint density at radius 2 is 1.44 bits per heavy atom. The third-order valence-electron chi connectivity index (χ3n) is 1.54. The van der Waals surface area contributed by atoms with Crippen molar-refractivity contribution in [3.05, 3.63) is 36.0 Å². The van der Waals surface area contributed by atoms with Crippen molar-refractivity contribution in [2.45, 2.75) is 34.6 Å². The number of imide groups is 1. The largest absolute Gasteiger partial charge is 0.288 e. The SMILES string of the molecule is C=CC1=C(/C=C\C)C(=O)NC1=O.CC.CC. The van der Waals surface area contributed by atoms with Crippen LogP contribution in [-0.2, 0) is 9.59 Å². The van der Waals surface area contributed by atoms with E-state index in [1.54, 1.807) is 19.1 Å². The second-order valence-electron chi connectivity index (χ2n) is 2.31. The summed E-state index contributed by atoms with van der Waals surface area (Å²) in [6.45, 7) is 13.2. The van der Waals surface area contributed by atoms with E-state index in [0.29, 0.717) is 11.1 Å². The minimum absolute atomic E-state index is 0.345. The van der Waals surface area contributed by atoms with Gasteiger partial charge in [0.2, 0.25) is 0 Å². The summed E-state index contributed by atoms with van der Waals surface area (Å²) in [7, 11) is 0. The van der Waals surface area contributed by atoms with Crippen molar-refractivity contribution in [3.8, 4) is 0 Å². The third kappa shape index (κ3) is 4.26. The van der Waals surface area contributed by atoms with Gasteiger partial charge in [-0.1, -0.05) is 52.5 Å². The minimum Gasteiger partial charge on any atom is -0.288 e. The van der Waals surface area contributed by atoms with Crippen molar-refractivity contribution in [1.29, 1.82) is 0 Å². The normalized spacial score (nSPS) is 13.8. The Bertz CT molecular complexity index is 312. The van der Waals surface area contributed by atoms with Gasteiger partial charge in [-0.3, -0.25) is 14.9 Å². The van der Waals surface area contributed by atoms with Crippen molar-refractivity contribution in [1.82, 2.24) is 5.32 Å². The molecule has 3 nitrogen and oxygen atoms in total. The molecule has 1 rings (SSSR count). The molecule has 2 amide bonds. The van der Waals surface area contributed by atoms with E-state index >= 15 is 0 Å². The average molecular weight is 223 g/mol. The number of amides is 2. The Morgan fingerprint density at radius 1 is 1.00 bits per heavy atom. The Hall–Kier alpha value is -1.64. The van der Waals surface area contributed by atoms with Gasteiger partial charge in [0.15, 0.2) is 0 Å². The molecule has 1 heterocycles. The fourth-order valence-corrected chi connectivity index (χ4v) is 1.02. The van der Waals surface area contributed by atoms with Crippen LogP contribution in [0.5, 0.6) is 0 Å². The molecule has 1 N–H and O–H groups in total. The van der Waals surface area contributed by atoms with Gasteiger partial charge in [-0.05, 0) is 6.92 Å². The van der Waals surface area contributed by atoms with E-state index in [-0.39, 0.29) is 11.8 Å². The maximum Gasteiger partial charge on any atom is 0.258 e. The molecule has 0 saturated heterocycles. The van der Waals surface area contributed by atoms with Crippen LogP contribution in [0.3, 0.4) is 0 Å². The molecule has 0 aromatic rings. The molecule has 16 heavy (non-hydrogen) atoms. The van der Waals surface area contributed by atoms with Crippen molar-refractivity contribution in [2.75, 3.05) is 0 Å². The molecule has 3 heteroatoms. The number of hydrogen-bond donors (Lipinski definition) is 1. The molecule has 0 fully saturated rings. The second-order valence-corrected chi connectivity index (χ2v) is 2.31. The second kappa shape index (κ2) is 9.90. The van der Waals surface area contributed by atoms with Gasteiger partial charge in [-0.2, -0.15) is 0 Å². The zero-order valence-electron chi connectivity index (χ0n) is 10.8. The fourth-order valence-electron chi connectivity index (χ4n) is 1.02. The van der Waals surface area contributed by atoms with Gasteiger partial charge in [-0.15, -0.1) is 0 Å². The van der Waals surface area contributed by atoms with Crippen LogP contribution in [0, 0.1) is 0 Å². The van der Waals surface area contributed by atoms with Crippen molar-refractivity contribution < 1.29 is 9.59 Å². The molecule has 0 spiro atoms. The summed E-state index contributed by atoms with van der Waals surface area (Å²) in [6, 6.07) is 0. The number of carbonyl (C=O) groups excluding carboxylic acids is 2. The van der Waals surface area contributed by atoms with Gasteiger partial charge in [0.25, 0.3) is 11.8 Å². The lowest BCUT2D eigenvalue weighted by Crippen LogP contribution is -2.22. The average Bonchev–Trinajstić information content (AvgIpc) is 2.59. The van der Waals surface area contributed by atoms with Gasteiger partial charge < -0.3 is 0 Å². The fraction of sp³-hybridized carbons (Fsp3) is 0.385. The quantitative estimate of drug-likeness (QED) is 0.732. The molecule has 1 aliphatic rings. The molecule has 0 saturated carbocycles. The predicted molar refractivity (Wildman–Crippen MR) is 67.9 cm³/mol. The Kier molecular flexibility index (Phi) is 10.4. The van der Waals surface area contributed by atoms with E-state index < -0.39 is 0 Å². The Morgan fingerprint density at radius 3 is 1.81 bits per heavy atom. The smallest absolute Gasteiger partial charge is 0.258 e. The van der Waals surface area contributed by atoms with Crippen molar-refractivity contribution in [2.24, 2.45) is 0 Å². The van der Waals surface area contributed by atoms with Gasteiger partial charge >= 0.3 is 0 Å². The summed E-state index contributed by atoms with van der Waals surface area (Å²) in [5.74, 6) is -0.726. The summed E-state index contributed by atoms with van der Waals surface area (Å²) in [5.41, 5.74) is 0.732. The first kappa shape index (κ1) is 16.8. The van der Waals surface area contributed by atoms with E-state index in [2.05, 4.69) is 11.9 Å². The van der Waals surface area contributed by atoms with Crippen LogP contribution in [0.2, 0.25) is 0 Å². The van der Waals surface area contributed by atoms with E-state index in [4.69, 9.17) is 0 Å². The van der Waals surface area contributed by atoms with Crippen molar-refractivity contribution >= 4 is 11.8 Å². The first-order valence-electron chi connectivity index (χ1n) is 5.55. The van der Waals surface area contributed by atoms with Gasteiger partial charge in [0, 0.05) is 0 Å². The lowest BCUT2D eigenvalue weighted by molar-refractivity contribution is -0.123. The van der Waals surface area contributed by atoms with Crippen LogP contribution in [0.15, 0.2) is 36.0 Å². The molecule has 0 bridgehead atoms. The van der Waals surface area contributed by atoms with E-state index in [1.165, 1.54) is 6.08 Å². The zero-order chi connectivity index (χ0) is 13.1. The molecule has 0 atom stereocenters. The van der Waals surface area contributed by atoms with Crippen LogP contribution < -0.4 is 5.32 Å². The number of nitrogens with one attached hydrogen (secondary N) is 1. The Labute approximate surface area is 97.9 Å². The van der Waals surface area contributed by atoms with Gasteiger partial charge in [0.05, 0.1) is 11.1 Å². The van der Waals surface area contributed by atoms with Gasteiger partial charge in [0.1, 0.15) is 0 Å². The Balaban J connectivity index is 0. The number of carbonyl (C=O) groups is 2. The lowest BCUT2D eigenvalue weighted by atomic mass is 10.1. The van der Waals surface area contributed by atoms with Crippen LogP contribution in [0.1, 0.15) is 34.6 Å². The molecule has 0 aromatic heterocycles. The highest BCUT2D eigenvalue weighted by atomic mass is 16.2. The molecule has 90 valence electrons. The van der Waals surface area contributed by atoms with E-state index in [9.17, 15) is 9.59 Å².